The molecule has 1 aromatic carbocycles. The van der Waals surface area contributed by atoms with Crippen LogP contribution in [0.1, 0.15) is 17.3 Å². The van der Waals surface area contributed by atoms with Gasteiger partial charge in [0.15, 0.2) is 6.29 Å². The third-order valence-electron chi connectivity index (χ3n) is 3.48. The zero-order chi connectivity index (χ0) is 17.0. The van der Waals surface area contributed by atoms with E-state index in [-0.39, 0.29) is 6.61 Å². The summed E-state index contributed by atoms with van der Waals surface area (Å²) in [5.74, 6) is -1.10. The Balaban J connectivity index is 1.94. The Hall–Kier alpha value is -2.00. The first kappa shape index (κ1) is 17.4. The van der Waals surface area contributed by atoms with Crippen molar-refractivity contribution in [1.82, 2.24) is 5.32 Å². The molecule has 8 heteroatoms. The van der Waals surface area contributed by atoms with E-state index in [9.17, 15) is 24.9 Å². The summed E-state index contributed by atoms with van der Waals surface area (Å²) in [6.07, 6.45) is -5.53. The van der Waals surface area contributed by atoms with Gasteiger partial charge in [0.2, 0.25) is 5.91 Å². The Morgan fingerprint density at radius 2 is 1.83 bits per heavy atom. The van der Waals surface area contributed by atoms with Gasteiger partial charge in [-0.25, -0.2) is 4.79 Å². The maximum Gasteiger partial charge on any atom is 0.338 e. The predicted octanol–water partition coefficient (Wildman–Crippen LogP) is -1.21. The molecular formula is C15H19NO7. The average Bonchev–Trinajstić information content (AvgIpc) is 2.54. The Morgan fingerprint density at radius 1 is 1.17 bits per heavy atom. The molecule has 2 rings (SSSR count). The van der Waals surface area contributed by atoms with Crippen molar-refractivity contribution in [2.75, 3.05) is 6.61 Å². The summed E-state index contributed by atoms with van der Waals surface area (Å²) in [5, 5.41) is 32.1. The SMILES string of the molecule is CC(=O)N[C@@H]1[C@@H](O)[C@H](O)[C@@H](COC(=O)c2ccccc2)O[C@H]1O. The molecule has 1 aliphatic heterocycles. The van der Waals surface area contributed by atoms with E-state index in [2.05, 4.69) is 5.32 Å². The number of hydrogen-bond donors (Lipinski definition) is 4. The fourth-order valence-electron chi connectivity index (χ4n) is 2.29. The van der Waals surface area contributed by atoms with Crippen LogP contribution in [0.2, 0.25) is 0 Å². The molecule has 4 N–H and O–H groups in total. The molecule has 1 amide bonds. The highest BCUT2D eigenvalue weighted by Gasteiger charge is 2.44. The molecule has 1 aliphatic rings. The van der Waals surface area contributed by atoms with E-state index >= 15 is 0 Å². The summed E-state index contributed by atoms with van der Waals surface area (Å²) in [4.78, 5) is 22.8. The molecule has 5 atom stereocenters. The molecule has 0 saturated carbocycles. The number of carbonyl (C=O) groups is 2. The quantitative estimate of drug-likeness (QED) is 0.512. The molecule has 0 radical (unpaired) electrons. The first-order valence-corrected chi connectivity index (χ1v) is 7.09. The van der Waals surface area contributed by atoms with Crippen molar-refractivity contribution in [3.8, 4) is 0 Å². The van der Waals surface area contributed by atoms with Crippen molar-refractivity contribution in [2.24, 2.45) is 0 Å². The van der Waals surface area contributed by atoms with Crippen molar-refractivity contribution in [3.05, 3.63) is 35.9 Å². The molecule has 1 fully saturated rings. The van der Waals surface area contributed by atoms with Crippen molar-refractivity contribution in [2.45, 2.75) is 37.6 Å². The van der Waals surface area contributed by atoms with Gasteiger partial charge < -0.3 is 30.1 Å². The van der Waals surface area contributed by atoms with E-state index in [0.717, 1.165) is 0 Å². The number of nitrogens with one attached hydrogen (secondary N) is 1. The van der Waals surface area contributed by atoms with Gasteiger partial charge in [-0.2, -0.15) is 0 Å². The van der Waals surface area contributed by atoms with Gasteiger partial charge in [0.05, 0.1) is 5.56 Å². The summed E-state index contributed by atoms with van der Waals surface area (Å²) < 4.78 is 10.1. The summed E-state index contributed by atoms with van der Waals surface area (Å²) in [7, 11) is 0. The largest absolute Gasteiger partial charge is 0.459 e. The van der Waals surface area contributed by atoms with Crippen molar-refractivity contribution >= 4 is 11.9 Å². The average molecular weight is 325 g/mol. The standard InChI is InChI=1S/C15H19NO7/c1-8(17)16-11-13(19)12(18)10(23-15(11)21)7-22-14(20)9-5-3-2-4-6-9/h2-6,10-13,15,18-19,21H,7H2,1H3,(H,16,17)/t10-,11-,12-,13-,15-/m1/s1. The second kappa shape index (κ2) is 7.51. The number of ether oxygens (including phenoxy) is 2. The zero-order valence-electron chi connectivity index (χ0n) is 12.5. The van der Waals surface area contributed by atoms with Crippen LogP contribution in [0.5, 0.6) is 0 Å². The summed E-state index contributed by atoms with van der Waals surface area (Å²) in [6, 6.07) is 7.07. The smallest absolute Gasteiger partial charge is 0.338 e. The van der Waals surface area contributed by atoms with E-state index in [1.54, 1.807) is 30.3 Å². The first-order chi connectivity index (χ1) is 10.9. The van der Waals surface area contributed by atoms with E-state index in [4.69, 9.17) is 9.47 Å². The number of esters is 1. The topological polar surface area (TPSA) is 125 Å². The first-order valence-electron chi connectivity index (χ1n) is 7.09. The molecule has 1 saturated heterocycles. The monoisotopic (exact) mass is 325 g/mol. The van der Waals surface area contributed by atoms with Crippen LogP contribution in [0.3, 0.4) is 0 Å². The van der Waals surface area contributed by atoms with Crippen LogP contribution < -0.4 is 5.32 Å². The van der Waals surface area contributed by atoms with Crippen LogP contribution in [0.15, 0.2) is 30.3 Å². The van der Waals surface area contributed by atoms with Crippen molar-refractivity contribution in [1.29, 1.82) is 0 Å². The minimum absolute atomic E-state index is 0.329. The molecule has 0 aliphatic carbocycles. The fourth-order valence-corrected chi connectivity index (χ4v) is 2.29. The van der Waals surface area contributed by atoms with Gasteiger partial charge in [0.25, 0.3) is 0 Å². The second-order valence-electron chi connectivity index (χ2n) is 5.24. The number of rotatable bonds is 4. The van der Waals surface area contributed by atoms with Gasteiger partial charge in [-0.05, 0) is 12.1 Å². The molecule has 0 bridgehead atoms. The van der Waals surface area contributed by atoms with Crippen LogP contribution in [0.4, 0.5) is 0 Å². The lowest BCUT2D eigenvalue weighted by molar-refractivity contribution is -0.253. The number of hydrogen-bond acceptors (Lipinski definition) is 7. The lowest BCUT2D eigenvalue weighted by Gasteiger charge is -2.40. The summed E-state index contributed by atoms with van der Waals surface area (Å²) >= 11 is 0. The van der Waals surface area contributed by atoms with Gasteiger partial charge in [-0.3, -0.25) is 4.79 Å². The molecule has 0 spiro atoms. The number of amides is 1. The fraction of sp³-hybridized carbons (Fsp3) is 0.467. The molecule has 126 valence electrons. The highest BCUT2D eigenvalue weighted by atomic mass is 16.6. The number of aliphatic hydroxyl groups excluding tert-OH is 3. The van der Waals surface area contributed by atoms with Crippen LogP contribution in [0, 0.1) is 0 Å². The third-order valence-corrected chi connectivity index (χ3v) is 3.48. The van der Waals surface area contributed by atoms with Crippen molar-refractivity contribution in [3.63, 3.8) is 0 Å². The van der Waals surface area contributed by atoms with Gasteiger partial charge in [0.1, 0.15) is 31.0 Å². The van der Waals surface area contributed by atoms with Crippen LogP contribution in [-0.4, -0.2) is 64.4 Å². The molecule has 1 aromatic rings. The van der Waals surface area contributed by atoms with Gasteiger partial charge >= 0.3 is 5.97 Å². The highest BCUT2D eigenvalue weighted by molar-refractivity contribution is 5.89. The number of aliphatic hydroxyl groups is 3. The lowest BCUT2D eigenvalue weighted by atomic mass is 9.97. The number of benzene rings is 1. The van der Waals surface area contributed by atoms with Crippen molar-refractivity contribution < 1.29 is 34.4 Å². The Kier molecular flexibility index (Phi) is 5.67. The maximum atomic E-state index is 11.8. The predicted molar refractivity (Wildman–Crippen MR) is 77.2 cm³/mol. The minimum atomic E-state index is -1.53. The second-order valence-corrected chi connectivity index (χ2v) is 5.24. The van der Waals surface area contributed by atoms with Gasteiger partial charge in [0, 0.05) is 6.92 Å². The van der Waals surface area contributed by atoms with Gasteiger partial charge in [-0.1, -0.05) is 18.2 Å². The van der Waals surface area contributed by atoms with E-state index in [1.165, 1.54) is 6.92 Å². The molecule has 0 aromatic heterocycles. The third kappa shape index (κ3) is 4.26. The van der Waals surface area contributed by atoms with E-state index in [0.29, 0.717) is 5.56 Å². The molecule has 1 heterocycles. The highest BCUT2D eigenvalue weighted by Crippen LogP contribution is 2.20. The molecular weight excluding hydrogens is 306 g/mol. The Bertz CT molecular complexity index is 550. The molecule has 0 unspecified atom stereocenters. The number of carbonyl (C=O) groups excluding carboxylic acids is 2. The van der Waals surface area contributed by atoms with Crippen LogP contribution >= 0.6 is 0 Å². The maximum absolute atomic E-state index is 11.8. The Labute approximate surface area is 132 Å². The zero-order valence-corrected chi connectivity index (χ0v) is 12.5. The molecule has 23 heavy (non-hydrogen) atoms. The molecule has 8 nitrogen and oxygen atoms in total. The minimum Gasteiger partial charge on any atom is -0.459 e. The van der Waals surface area contributed by atoms with Gasteiger partial charge in [-0.15, -0.1) is 0 Å². The van der Waals surface area contributed by atoms with Crippen LogP contribution in [-0.2, 0) is 14.3 Å². The summed E-state index contributed by atoms with van der Waals surface area (Å²) in [6.45, 7) is 0.857. The Morgan fingerprint density at radius 3 is 2.43 bits per heavy atom. The van der Waals surface area contributed by atoms with E-state index in [1.807, 2.05) is 0 Å². The normalized spacial score (nSPS) is 30.5. The lowest BCUT2D eigenvalue weighted by Crippen LogP contribution is -2.64. The summed E-state index contributed by atoms with van der Waals surface area (Å²) in [5.41, 5.74) is 0.329. The van der Waals surface area contributed by atoms with E-state index < -0.39 is 42.5 Å². The van der Waals surface area contributed by atoms with Crippen LogP contribution in [0.25, 0.3) is 0 Å².